The summed E-state index contributed by atoms with van der Waals surface area (Å²) in [6.07, 6.45) is 5.09. The molecule has 0 fully saturated rings. The van der Waals surface area contributed by atoms with E-state index in [1.165, 1.54) is 14.8 Å². The summed E-state index contributed by atoms with van der Waals surface area (Å²) in [6.45, 7) is 3.95. The Morgan fingerprint density at radius 1 is 1.20 bits per heavy atom. The second kappa shape index (κ2) is 13.4. The zero-order valence-corrected chi connectivity index (χ0v) is 18.8. The maximum Gasteiger partial charge on any atom is 0.190 e. The fraction of sp³-hybridized carbons (Fsp3) is 0.444. The number of aryl methyl sites for hydroxylation is 1. The molecule has 2 aromatic rings. The molecule has 0 spiro atoms. The monoisotopic (exact) mass is 490 g/mol. The predicted molar refractivity (Wildman–Crippen MR) is 122 cm³/mol. The molecule has 0 atom stereocenters. The molecule has 7 heteroatoms. The molecule has 0 radical (unpaired) electrons. The lowest BCUT2D eigenvalue weighted by atomic mass is 10.4. The lowest BCUT2D eigenvalue weighted by Gasteiger charge is -2.11. The summed E-state index contributed by atoms with van der Waals surface area (Å²) in [5.41, 5.74) is 0. The van der Waals surface area contributed by atoms with E-state index >= 15 is 0 Å². The topological polar surface area (TPSA) is 49.3 Å². The van der Waals surface area contributed by atoms with Gasteiger partial charge in [-0.2, -0.15) is 0 Å². The Balaban J connectivity index is 0.00000312. The molecule has 25 heavy (non-hydrogen) atoms. The summed E-state index contributed by atoms with van der Waals surface area (Å²) in [6, 6.07) is 10.5. The van der Waals surface area contributed by atoms with Crippen LogP contribution in [0.25, 0.3) is 0 Å². The van der Waals surface area contributed by atoms with Gasteiger partial charge < -0.3 is 10.6 Å². The first-order valence-corrected chi connectivity index (χ1v) is 10.2. The van der Waals surface area contributed by atoms with Crippen LogP contribution in [0, 0.1) is 0 Å². The highest BCUT2D eigenvalue weighted by Gasteiger charge is 2.02. The van der Waals surface area contributed by atoms with Crippen molar-refractivity contribution in [1.29, 1.82) is 0 Å². The second-order valence-electron chi connectivity index (χ2n) is 5.26. The Morgan fingerprint density at radius 2 is 1.96 bits per heavy atom. The average Bonchev–Trinajstić information content (AvgIpc) is 3.09. The van der Waals surface area contributed by atoms with E-state index in [-0.39, 0.29) is 24.0 Å². The highest BCUT2D eigenvalue weighted by Crippen LogP contribution is 2.17. The van der Waals surface area contributed by atoms with Crippen LogP contribution >= 0.6 is 47.1 Å². The highest BCUT2D eigenvalue weighted by molar-refractivity contribution is 14.0. The largest absolute Gasteiger partial charge is 0.356 e. The number of benzene rings is 1. The minimum Gasteiger partial charge on any atom is -0.356 e. The third-order valence-electron chi connectivity index (χ3n) is 3.43. The number of aromatic nitrogens is 1. The van der Waals surface area contributed by atoms with Crippen molar-refractivity contribution in [3.63, 3.8) is 0 Å². The molecule has 4 nitrogen and oxygen atoms in total. The van der Waals surface area contributed by atoms with Gasteiger partial charge in [0.1, 0.15) is 0 Å². The molecule has 2 N–H and O–H groups in total. The number of nitrogens with one attached hydrogen (secondary N) is 2. The number of halogens is 1. The van der Waals surface area contributed by atoms with Gasteiger partial charge in [-0.15, -0.1) is 47.1 Å². The van der Waals surface area contributed by atoms with Gasteiger partial charge in [0.25, 0.3) is 0 Å². The van der Waals surface area contributed by atoms with Gasteiger partial charge in [-0.05, 0) is 30.7 Å². The molecular formula is C18H27IN4S2. The molecule has 1 aromatic heterocycles. The Bertz CT molecular complexity index is 617. The van der Waals surface area contributed by atoms with E-state index in [1.807, 2.05) is 25.0 Å². The number of nitrogens with zero attached hydrogens (tertiary/aromatic N) is 2. The fourth-order valence-electron chi connectivity index (χ4n) is 2.12. The van der Waals surface area contributed by atoms with E-state index in [9.17, 15) is 0 Å². The third-order valence-corrected chi connectivity index (χ3v) is 5.73. The molecule has 0 aliphatic heterocycles. The normalized spacial score (nSPS) is 11.0. The number of hydrogen-bond donors (Lipinski definition) is 2. The lowest BCUT2D eigenvalue weighted by molar-refractivity contribution is 0.775. The summed E-state index contributed by atoms with van der Waals surface area (Å²) in [7, 11) is 1.81. The first-order chi connectivity index (χ1) is 11.8. The first kappa shape index (κ1) is 22.2. The number of guanidine groups is 1. The van der Waals surface area contributed by atoms with Crippen molar-refractivity contribution >= 4 is 53.0 Å². The molecule has 2 rings (SSSR count). The van der Waals surface area contributed by atoms with Crippen LogP contribution in [0.5, 0.6) is 0 Å². The summed E-state index contributed by atoms with van der Waals surface area (Å²) >= 11 is 3.69. The standard InChI is InChI=1S/C18H26N4S2.HI/c1-3-15-14-22-17(24-15)10-12-21-18(19-2)20-11-7-13-23-16-8-5-4-6-9-16;/h4-6,8-9,14H,3,7,10-13H2,1-2H3,(H2,19,20,21);1H. The number of aliphatic imine (C=N–C) groups is 1. The third kappa shape index (κ3) is 8.91. The maximum absolute atomic E-state index is 4.44. The molecule has 138 valence electrons. The zero-order valence-electron chi connectivity index (χ0n) is 14.8. The van der Waals surface area contributed by atoms with Crippen LogP contribution in [0.15, 0.2) is 46.4 Å². The molecule has 0 aliphatic rings. The highest BCUT2D eigenvalue weighted by atomic mass is 127. The Morgan fingerprint density at radius 3 is 2.64 bits per heavy atom. The molecule has 1 heterocycles. The van der Waals surface area contributed by atoms with E-state index < -0.39 is 0 Å². The molecule has 0 saturated carbocycles. The van der Waals surface area contributed by atoms with Gasteiger partial charge in [0.15, 0.2) is 5.96 Å². The van der Waals surface area contributed by atoms with Gasteiger partial charge in [-0.1, -0.05) is 25.1 Å². The molecule has 0 unspecified atom stereocenters. The SMILES string of the molecule is CCc1cnc(CCNC(=NC)NCCCSc2ccccc2)s1.I. The van der Waals surface area contributed by atoms with Gasteiger partial charge in [0.2, 0.25) is 0 Å². The summed E-state index contributed by atoms with van der Waals surface area (Å²) in [4.78, 5) is 11.4. The van der Waals surface area contributed by atoms with E-state index in [0.717, 1.165) is 44.1 Å². The van der Waals surface area contributed by atoms with Crippen molar-refractivity contribution < 1.29 is 0 Å². The van der Waals surface area contributed by atoms with Gasteiger partial charge in [-0.3, -0.25) is 4.99 Å². The Kier molecular flexibility index (Phi) is 11.9. The molecule has 0 saturated heterocycles. The van der Waals surface area contributed by atoms with Crippen LogP contribution in [0.1, 0.15) is 23.2 Å². The number of thiazole rings is 1. The summed E-state index contributed by atoms with van der Waals surface area (Å²) < 4.78 is 0. The summed E-state index contributed by atoms with van der Waals surface area (Å²) in [5.74, 6) is 1.97. The number of rotatable bonds is 9. The van der Waals surface area contributed by atoms with Crippen LogP contribution < -0.4 is 10.6 Å². The van der Waals surface area contributed by atoms with Crippen molar-refractivity contribution in [1.82, 2.24) is 15.6 Å². The van der Waals surface area contributed by atoms with Crippen LogP contribution in [0.4, 0.5) is 0 Å². The van der Waals surface area contributed by atoms with Crippen molar-refractivity contribution in [2.75, 3.05) is 25.9 Å². The van der Waals surface area contributed by atoms with Crippen molar-refractivity contribution in [3.8, 4) is 0 Å². The van der Waals surface area contributed by atoms with Gasteiger partial charge in [0.05, 0.1) is 5.01 Å². The van der Waals surface area contributed by atoms with Crippen molar-refractivity contribution in [2.45, 2.75) is 31.1 Å². The van der Waals surface area contributed by atoms with E-state index in [0.29, 0.717) is 0 Å². The quantitative estimate of drug-likeness (QED) is 0.182. The zero-order chi connectivity index (χ0) is 17.0. The van der Waals surface area contributed by atoms with Crippen LogP contribution in [0.2, 0.25) is 0 Å². The average molecular weight is 490 g/mol. The molecule has 1 aromatic carbocycles. The number of thioether (sulfide) groups is 1. The summed E-state index contributed by atoms with van der Waals surface area (Å²) in [5, 5.41) is 7.91. The molecule has 0 bridgehead atoms. The molecule has 0 amide bonds. The Labute approximate surface area is 176 Å². The van der Waals surface area contributed by atoms with Crippen LogP contribution in [0.3, 0.4) is 0 Å². The predicted octanol–water partition coefficient (Wildman–Crippen LogP) is 4.21. The molecule has 0 aliphatic carbocycles. The molecular weight excluding hydrogens is 463 g/mol. The second-order valence-corrected chi connectivity index (χ2v) is 7.63. The first-order valence-electron chi connectivity index (χ1n) is 8.37. The van der Waals surface area contributed by atoms with Crippen molar-refractivity contribution in [2.24, 2.45) is 4.99 Å². The van der Waals surface area contributed by atoms with Crippen molar-refractivity contribution in [3.05, 3.63) is 46.4 Å². The minimum absolute atomic E-state index is 0. The van der Waals surface area contributed by atoms with E-state index in [4.69, 9.17) is 0 Å². The van der Waals surface area contributed by atoms with E-state index in [1.54, 1.807) is 11.3 Å². The van der Waals surface area contributed by atoms with Gasteiger partial charge >= 0.3 is 0 Å². The fourth-order valence-corrected chi connectivity index (χ4v) is 3.86. The van der Waals surface area contributed by atoms with Crippen LogP contribution in [-0.4, -0.2) is 36.8 Å². The minimum atomic E-state index is 0. The number of hydrogen-bond acceptors (Lipinski definition) is 4. The van der Waals surface area contributed by atoms with Crippen LogP contribution in [-0.2, 0) is 12.8 Å². The van der Waals surface area contributed by atoms with E-state index in [2.05, 4.69) is 57.9 Å². The lowest BCUT2D eigenvalue weighted by Crippen LogP contribution is -2.38. The Hall–Kier alpha value is -0.800. The van der Waals surface area contributed by atoms with Gasteiger partial charge in [-0.25, -0.2) is 4.98 Å². The van der Waals surface area contributed by atoms with Gasteiger partial charge in [0, 0.05) is 42.5 Å². The maximum atomic E-state index is 4.44. The smallest absolute Gasteiger partial charge is 0.190 e.